The standard InChI is InChI=1S/C24H31N3O3/c1-4-27(5-2)19-11-10-18(22(16-19)29-3)17-26-14-12-24(13-15-26)25-23(28)20-8-6-7-9-21(20)30-24/h6-11,16H,4-5,12-15,17H2,1-3H3,(H,25,28). The van der Waals surface area contributed by atoms with Gasteiger partial charge in [-0.15, -0.1) is 0 Å². The summed E-state index contributed by atoms with van der Waals surface area (Å²) in [5.74, 6) is 1.57. The largest absolute Gasteiger partial charge is 0.496 e. The van der Waals surface area contributed by atoms with Gasteiger partial charge in [-0.1, -0.05) is 18.2 Å². The van der Waals surface area contributed by atoms with Gasteiger partial charge in [-0.05, 0) is 32.0 Å². The van der Waals surface area contributed by atoms with Gasteiger partial charge in [0.15, 0.2) is 5.72 Å². The molecule has 4 rings (SSSR count). The second-order valence-electron chi connectivity index (χ2n) is 7.99. The summed E-state index contributed by atoms with van der Waals surface area (Å²) < 4.78 is 11.9. The number of fused-ring (bicyclic) bond motifs is 1. The number of likely N-dealkylation sites (tertiary alicyclic amines) is 1. The first-order valence-electron chi connectivity index (χ1n) is 10.8. The third-order valence-electron chi connectivity index (χ3n) is 6.24. The molecule has 0 bridgehead atoms. The molecule has 0 unspecified atom stereocenters. The van der Waals surface area contributed by atoms with Crippen molar-refractivity contribution in [2.24, 2.45) is 0 Å². The zero-order valence-electron chi connectivity index (χ0n) is 18.1. The van der Waals surface area contributed by atoms with Crippen molar-refractivity contribution < 1.29 is 14.3 Å². The van der Waals surface area contributed by atoms with Crippen LogP contribution in [0.1, 0.15) is 42.6 Å². The summed E-state index contributed by atoms with van der Waals surface area (Å²) in [5, 5.41) is 3.11. The molecule has 0 radical (unpaired) electrons. The summed E-state index contributed by atoms with van der Waals surface area (Å²) in [6.45, 7) is 8.80. The molecule has 0 aliphatic carbocycles. The van der Waals surface area contributed by atoms with Crippen LogP contribution in [-0.4, -0.2) is 49.8 Å². The van der Waals surface area contributed by atoms with Crippen LogP contribution in [0.2, 0.25) is 0 Å². The Morgan fingerprint density at radius 1 is 1.13 bits per heavy atom. The molecular weight excluding hydrogens is 378 g/mol. The van der Waals surface area contributed by atoms with Crippen LogP contribution >= 0.6 is 0 Å². The number of piperidine rings is 1. The molecule has 2 aliphatic rings. The van der Waals surface area contributed by atoms with Crippen molar-refractivity contribution in [2.45, 2.75) is 39.0 Å². The molecule has 160 valence electrons. The first-order valence-corrected chi connectivity index (χ1v) is 10.8. The van der Waals surface area contributed by atoms with Crippen LogP contribution in [0.3, 0.4) is 0 Å². The summed E-state index contributed by atoms with van der Waals surface area (Å²) >= 11 is 0. The molecular formula is C24H31N3O3. The number of nitrogens with one attached hydrogen (secondary N) is 1. The molecule has 2 heterocycles. The van der Waals surface area contributed by atoms with Crippen LogP contribution in [0.4, 0.5) is 5.69 Å². The highest BCUT2D eigenvalue weighted by molar-refractivity contribution is 5.98. The van der Waals surface area contributed by atoms with E-state index in [1.807, 2.05) is 18.2 Å². The Morgan fingerprint density at radius 3 is 2.57 bits per heavy atom. The third-order valence-corrected chi connectivity index (χ3v) is 6.24. The van der Waals surface area contributed by atoms with Gasteiger partial charge in [0.2, 0.25) is 0 Å². The normalized spacial score (nSPS) is 17.8. The summed E-state index contributed by atoms with van der Waals surface area (Å²) in [7, 11) is 1.74. The molecule has 6 nitrogen and oxygen atoms in total. The van der Waals surface area contributed by atoms with Gasteiger partial charge in [0.25, 0.3) is 5.91 Å². The van der Waals surface area contributed by atoms with Crippen molar-refractivity contribution in [1.82, 2.24) is 10.2 Å². The third kappa shape index (κ3) is 3.97. The van der Waals surface area contributed by atoms with Crippen molar-refractivity contribution >= 4 is 11.6 Å². The smallest absolute Gasteiger partial charge is 0.258 e. The topological polar surface area (TPSA) is 54.0 Å². The molecule has 6 heteroatoms. The number of nitrogens with zero attached hydrogens (tertiary/aromatic N) is 2. The molecule has 1 amide bonds. The number of ether oxygens (including phenoxy) is 2. The maximum atomic E-state index is 12.5. The lowest BCUT2D eigenvalue weighted by Gasteiger charge is -2.44. The number of carbonyl (C=O) groups is 1. The summed E-state index contributed by atoms with van der Waals surface area (Å²) in [6.07, 6.45) is 1.51. The summed E-state index contributed by atoms with van der Waals surface area (Å²) in [5.41, 5.74) is 2.39. The Balaban J connectivity index is 1.42. The number of rotatable bonds is 6. The fourth-order valence-electron chi connectivity index (χ4n) is 4.44. The number of para-hydroxylation sites is 1. The number of hydrogen-bond acceptors (Lipinski definition) is 5. The molecule has 2 aromatic carbocycles. The van der Waals surface area contributed by atoms with E-state index in [2.05, 4.69) is 47.2 Å². The highest BCUT2D eigenvalue weighted by atomic mass is 16.5. The zero-order valence-corrected chi connectivity index (χ0v) is 18.1. The van der Waals surface area contributed by atoms with Gasteiger partial charge in [-0.2, -0.15) is 0 Å². The van der Waals surface area contributed by atoms with Crippen LogP contribution in [0.5, 0.6) is 11.5 Å². The van der Waals surface area contributed by atoms with E-state index < -0.39 is 5.72 Å². The number of methoxy groups -OCH3 is 1. The Morgan fingerprint density at radius 2 is 1.87 bits per heavy atom. The number of anilines is 1. The van der Waals surface area contributed by atoms with Crippen LogP contribution in [0.25, 0.3) is 0 Å². The van der Waals surface area contributed by atoms with Crippen molar-refractivity contribution in [1.29, 1.82) is 0 Å². The van der Waals surface area contributed by atoms with E-state index in [4.69, 9.17) is 9.47 Å². The SMILES string of the molecule is CCN(CC)c1ccc(CN2CCC3(CC2)NC(=O)c2ccccc2O3)c(OC)c1. The van der Waals surface area contributed by atoms with Gasteiger partial charge >= 0.3 is 0 Å². The van der Waals surface area contributed by atoms with Crippen LogP contribution < -0.4 is 19.7 Å². The van der Waals surface area contributed by atoms with Gasteiger partial charge in [-0.3, -0.25) is 9.69 Å². The number of hydrogen-bond donors (Lipinski definition) is 1. The minimum atomic E-state index is -0.599. The Kier molecular flexibility index (Phi) is 5.86. The summed E-state index contributed by atoms with van der Waals surface area (Å²) in [6, 6.07) is 13.9. The van der Waals surface area contributed by atoms with E-state index in [1.54, 1.807) is 13.2 Å². The maximum absolute atomic E-state index is 12.5. The first kappa shape index (κ1) is 20.5. The van der Waals surface area contributed by atoms with Crippen LogP contribution in [0.15, 0.2) is 42.5 Å². The first-order chi connectivity index (χ1) is 14.6. The molecule has 0 atom stereocenters. The highest BCUT2D eigenvalue weighted by Crippen LogP contribution is 2.34. The van der Waals surface area contributed by atoms with E-state index in [1.165, 1.54) is 11.3 Å². The second kappa shape index (κ2) is 8.56. The van der Waals surface area contributed by atoms with Gasteiger partial charge in [-0.25, -0.2) is 0 Å². The minimum absolute atomic E-state index is 0.0426. The van der Waals surface area contributed by atoms with Crippen LogP contribution in [-0.2, 0) is 6.54 Å². The molecule has 1 saturated heterocycles. The molecule has 2 aromatic rings. The predicted molar refractivity (Wildman–Crippen MR) is 118 cm³/mol. The quantitative estimate of drug-likeness (QED) is 0.789. The van der Waals surface area contributed by atoms with E-state index in [-0.39, 0.29) is 5.91 Å². The van der Waals surface area contributed by atoms with Crippen molar-refractivity contribution in [3.8, 4) is 11.5 Å². The molecule has 1 N–H and O–H groups in total. The summed E-state index contributed by atoms with van der Waals surface area (Å²) in [4.78, 5) is 17.2. The maximum Gasteiger partial charge on any atom is 0.258 e. The van der Waals surface area contributed by atoms with Crippen LogP contribution in [0, 0.1) is 0 Å². The number of amides is 1. The van der Waals surface area contributed by atoms with Crippen molar-refractivity contribution in [2.75, 3.05) is 38.2 Å². The number of carbonyl (C=O) groups excluding carboxylic acids is 1. The molecule has 1 spiro atoms. The molecule has 0 saturated carbocycles. The fourth-order valence-corrected chi connectivity index (χ4v) is 4.44. The lowest BCUT2D eigenvalue weighted by Crippen LogP contribution is -2.60. The van der Waals surface area contributed by atoms with Gasteiger partial charge in [0.1, 0.15) is 11.5 Å². The average Bonchev–Trinajstić information content (AvgIpc) is 2.77. The number of benzene rings is 2. The molecule has 2 aliphatic heterocycles. The molecule has 1 fully saturated rings. The fraction of sp³-hybridized carbons (Fsp3) is 0.458. The second-order valence-corrected chi connectivity index (χ2v) is 7.99. The molecule has 30 heavy (non-hydrogen) atoms. The Hall–Kier alpha value is -2.73. The van der Waals surface area contributed by atoms with Crippen molar-refractivity contribution in [3.05, 3.63) is 53.6 Å². The van der Waals surface area contributed by atoms with E-state index in [9.17, 15) is 4.79 Å². The molecule has 0 aromatic heterocycles. The lowest BCUT2D eigenvalue weighted by molar-refractivity contribution is -0.0305. The predicted octanol–water partition coefficient (Wildman–Crippen LogP) is 3.66. The van der Waals surface area contributed by atoms with E-state index >= 15 is 0 Å². The van der Waals surface area contributed by atoms with Gasteiger partial charge in [0.05, 0.1) is 12.7 Å². The average molecular weight is 410 g/mol. The van der Waals surface area contributed by atoms with E-state index in [0.717, 1.165) is 51.3 Å². The van der Waals surface area contributed by atoms with Gasteiger partial charge in [0, 0.05) is 62.9 Å². The Bertz CT molecular complexity index is 902. The van der Waals surface area contributed by atoms with Gasteiger partial charge < -0.3 is 19.7 Å². The van der Waals surface area contributed by atoms with Crippen molar-refractivity contribution in [3.63, 3.8) is 0 Å². The Labute approximate surface area is 178 Å². The zero-order chi connectivity index (χ0) is 21.1. The highest BCUT2D eigenvalue weighted by Gasteiger charge is 2.42. The minimum Gasteiger partial charge on any atom is -0.496 e. The monoisotopic (exact) mass is 409 g/mol. The van der Waals surface area contributed by atoms with E-state index in [0.29, 0.717) is 11.3 Å². The lowest BCUT2D eigenvalue weighted by atomic mass is 9.96.